The molecule has 0 aliphatic carbocycles. The summed E-state index contributed by atoms with van der Waals surface area (Å²) < 4.78 is 0. The van der Waals surface area contributed by atoms with E-state index in [0.717, 1.165) is 10.8 Å². The van der Waals surface area contributed by atoms with Crippen LogP contribution in [0.1, 0.15) is 17.4 Å². The Hall–Kier alpha value is -2.51. The van der Waals surface area contributed by atoms with Gasteiger partial charge in [0.1, 0.15) is 11.7 Å². The summed E-state index contributed by atoms with van der Waals surface area (Å²) in [5.41, 5.74) is 11.4. The molecule has 1 fully saturated rings. The van der Waals surface area contributed by atoms with Gasteiger partial charge in [0.2, 0.25) is 5.91 Å². The van der Waals surface area contributed by atoms with Crippen LogP contribution < -0.4 is 21.9 Å². The second-order valence-electron chi connectivity index (χ2n) is 5.34. The SMILES string of the molecule is CC1NNC(C(N)=O)C1NC(=O)c1nccc2ccccc12. The van der Waals surface area contributed by atoms with Gasteiger partial charge in [-0.05, 0) is 18.4 Å². The summed E-state index contributed by atoms with van der Waals surface area (Å²) in [5, 5.41) is 4.54. The van der Waals surface area contributed by atoms with Crippen molar-refractivity contribution in [2.24, 2.45) is 5.73 Å². The number of primary amides is 1. The van der Waals surface area contributed by atoms with Gasteiger partial charge in [0, 0.05) is 17.6 Å². The van der Waals surface area contributed by atoms with Crippen molar-refractivity contribution in [1.82, 2.24) is 21.2 Å². The van der Waals surface area contributed by atoms with E-state index in [-0.39, 0.29) is 11.9 Å². The van der Waals surface area contributed by atoms with Gasteiger partial charge in [0.15, 0.2) is 0 Å². The summed E-state index contributed by atoms with van der Waals surface area (Å²) in [6.07, 6.45) is 1.59. The van der Waals surface area contributed by atoms with Gasteiger partial charge in [-0.3, -0.25) is 20.0 Å². The van der Waals surface area contributed by atoms with E-state index < -0.39 is 18.0 Å². The number of pyridine rings is 1. The fraction of sp³-hybridized carbons (Fsp3) is 0.267. The molecule has 2 amide bonds. The van der Waals surface area contributed by atoms with E-state index in [1.165, 1.54) is 0 Å². The minimum atomic E-state index is -0.658. The first-order valence-corrected chi connectivity index (χ1v) is 7.03. The molecule has 0 spiro atoms. The molecule has 1 aromatic carbocycles. The fourth-order valence-electron chi connectivity index (χ4n) is 2.67. The molecule has 0 bridgehead atoms. The Kier molecular flexibility index (Phi) is 3.74. The Balaban J connectivity index is 1.89. The van der Waals surface area contributed by atoms with E-state index in [1.807, 2.05) is 37.3 Å². The minimum Gasteiger partial charge on any atom is -0.368 e. The highest BCUT2D eigenvalue weighted by molar-refractivity contribution is 6.05. The molecule has 114 valence electrons. The zero-order chi connectivity index (χ0) is 15.7. The zero-order valence-electron chi connectivity index (χ0n) is 12.0. The van der Waals surface area contributed by atoms with Gasteiger partial charge < -0.3 is 11.1 Å². The monoisotopic (exact) mass is 299 g/mol. The molecule has 22 heavy (non-hydrogen) atoms. The van der Waals surface area contributed by atoms with Crippen molar-refractivity contribution in [3.8, 4) is 0 Å². The number of rotatable bonds is 3. The summed E-state index contributed by atoms with van der Waals surface area (Å²) >= 11 is 0. The average molecular weight is 299 g/mol. The number of nitrogens with two attached hydrogens (primary N) is 1. The van der Waals surface area contributed by atoms with Crippen LogP contribution in [0.4, 0.5) is 0 Å². The molecular formula is C15H17N5O2. The van der Waals surface area contributed by atoms with E-state index in [2.05, 4.69) is 21.2 Å². The smallest absolute Gasteiger partial charge is 0.270 e. The Morgan fingerprint density at radius 3 is 2.77 bits per heavy atom. The molecule has 3 atom stereocenters. The largest absolute Gasteiger partial charge is 0.368 e. The van der Waals surface area contributed by atoms with Crippen molar-refractivity contribution >= 4 is 22.6 Å². The van der Waals surface area contributed by atoms with Crippen LogP contribution >= 0.6 is 0 Å². The number of carbonyl (C=O) groups is 2. The lowest BCUT2D eigenvalue weighted by molar-refractivity contribution is -0.120. The Labute approximate surface area is 127 Å². The van der Waals surface area contributed by atoms with Crippen molar-refractivity contribution < 1.29 is 9.59 Å². The predicted molar refractivity (Wildman–Crippen MR) is 81.7 cm³/mol. The summed E-state index contributed by atoms with van der Waals surface area (Å²) in [6.45, 7) is 1.86. The zero-order valence-corrected chi connectivity index (χ0v) is 12.0. The lowest BCUT2D eigenvalue weighted by atomic mass is 10.0. The Bertz CT molecular complexity index is 727. The number of nitrogens with zero attached hydrogens (tertiary/aromatic N) is 1. The highest BCUT2D eigenvalue weighted by Crippen LogP contribution is 2.17. The van der Waals surface area contributed by atoms with E-state index in [9.17, 15) is 9.59 Å². The third-order valence-electron chi connectivity index (χ3n) is 3.86. The lowest BCUT2D eigenvalue weighted by Crippen LogP contribution is -2.53. The summed E-state index contributed by atoms with van der Waals surface area (Å²) in [5.74, 6) is -0.849. The third kappa shape index (κ3) is 2.51. The van der Waals surface area contributed by atoms with E-state index >= 15 is 0 Å². The molecular weight excluding hydrogens is 282 g/mol. The van der Waals surface area contributed by atoms with Gasteiger partial charge >= 0.3 is 0 Å². The van der Waals surface area contributed by atoms with Crippen LogP contribution in [-0.4, -0.2) is 34.9 Å². The van der Waals surface area contributed by atoms with Crippen LogP contribution in [0.2, 0.25) is 0 Å². The number of carbonyl (C=O) groups excluding carboxylic acids is 2. The number of aromatic nitrogens is 1. The van der Waals surface area contributed by atoms with Crippen LogP contribution in [0.3, 0.4) is 0 Å². The molecule has 2 aromatic rings. The Morgan fingerprint density at radius 1 is 1.23 bits per heavy atom. The van der Waals surface area contributed by atoms with Crippen molar-refractivity contribution in [2.75, 3.05) is 0 Å². The Morgan fingerprint density at radius 2 is 2.00 bits per heavy atom. The van der Waals surface area contributed by atoms with Crippen molar-refractivity contribution in [3.05, 3.63) is 42.2 Å². The molecule has 0 radical (unpaired) electrons. The fourth-order valence-corrected chi connectivity index (χ4v) is 2.67. The van der Waals surface area contributed by atoms with Crippen molar-refractivity contribution in [1.29, 1.82) is 0 Å². The molecule has 2 heterocycles. The number of benzene rings is 1. The summed E-state index contributed by atoms with van der Waals surface area (Å²) in [6, 6.07) is 8.14. The van der Waals surface area contributed by atoms with Crippen LogP contribution in [0.5, 0.6) is 0 Å². The number of amides is 2. The molecule has 1 aliphatic rings. The normalized spacial score (nSPS) is 24.3. The minimum absolute atomic E-state index is 0.128. The van der Waals surface area contributed by atoms with E-state index in [1.54, 1.807) is 6.20 Å². The standard InChI is InChI=1S/C15H17N5O2/c1-8-11(13(14(16)21)20-19-8)18-15(22)12-10-5-3-2-4-9(10)6-7-17-12/h2-8,11,13,19-20H,1H3,(H2,16,21)(H,18,22). The molecule has 5 N–H and O–H groups in total. The van der Waals surface area contributed by atoms with Crippen LogP contribution in [0.25, 0.3) is 10.8 Å². The highest BCUT2D eigenvalue weighted by Gasteiger charge is 2.38. The first-order chi connectivity index (χ1) is 10.6. The van der Waals surface area contributed by atoms with Gasteiger partial charge in [-0.1, -0.05) is 24.3 Å². The first-order valence-electron chi connectivity index (χ1n) is 7.03. The highest BCUT2D eigenvalue weighted by atomic mass is 16.2. The first kappa shape index (κ1) is 14.4. The van der Waals surface area contributed by atoms with Gasteiger partial charge in [-0.25, -0.2) is 5.43 Å². The van der Waals surface area contributed by atoms with Crippen LogP contribution in [0, 0.1) is 0 Å². The van der Waals surface area contributed by atoms with Gasteiger partial charge in [0.25, 0.3) is 5.91 Å². The van der Waals surface area contributed by atoms with Gasteiger partial charge in [-0.15, -0.1) is 0 Å². The number of hydrogen-bond donors (Lipinski definition) is 4. The number of fused-ring (bicyclic) bond motifs is 1. The van der Waals surface area contributed by atoms with E-state index in [4.69, 9.17) is 5.73 Å². The van der Waals surface area contributed by atoms with Gasteiger partial charge in [-0.2, -0.15) is 0 Å². The number of nitrogens with one attached hydrogen (secondary N) is 3. The molecule has 3 rings (SSSR count). The molecule has 1 aromatic heterocycles. The number of hydrogen-bond acceptors (Lipinski definition) is 5. The molecule has 7 heteroatoms. The summed E-state index contributed by atoms with van der Waals surface area (Å²) in [4.78, 5) is 28.2. The third-order valence-corrected chi connectivity index (χ3v) is 3.86. The van der Waals surface area contributed by atoms with Crippen molar-refractivity contribution in [3.63, 3.8) is 0 Å². The summed E-state index contributed by atoms with van der Waals surface area (Å²) in [7, 11) is 0. The maximum atomic E-state index is 12.5. The predicted octanol–water partition coefficient (Wildman–Crippen LogP) is -0.317. The topological polar surface area (TPSA) is 109 Å². The molecule has 3 unspecified atom stereocenters. The van der Waals surface area contributed by atoms with Crippen molar-refractivity contribution in [2.45, 2.75) is 25.0 Å². The van der Waals surface area contributed by atoms with E-state index in [0.29, 0.717) is 5.69 Å². The quantitative estimate of drug-likeness (QED) is 0.621. The van der Waals surface area contributed by atoms with Crippen LogP contribution in [0.15, 0.2) is 36.5 Å². The maximum Gasteiger partial charge on any atom is 0.270 e. The van der Waals surface area contributed by atoms with Crippen LogP contribution in [-0.2, 0) is 4.79 Å². The van der Waals surface area contributed by atoms with Gasteiger partial charge in [0.05, 0.1) is 6.04 Å². The second-order valence-corrected chi connectivity index (χ2v) is 5.34. The average Bonchev–Trinajstić information content (AvgIpc) is 2.88. The molecule has 7 nitrogen and oxygen atoms in total. The molecule has 0 saturated carbocycles. The maximum absolute atomic E-state index is 12.5. The number of hydrazine groups is 1. The second kappa shape index (κ2) is 5.70. The molecule has 1 aliphatic heterocycles. The lowest BCUT2D eigenvalue weighted by Gasteiger charge is -2.20. The molecule has 1 saturated heterocycles.